The Morgan fingerprint density at radius 1 is 1.29 bits per heavy atom. The van der Waals surface area contributed by atoms with Crippen molar-refractivity contribution in [2.75, 3.05) is 5.75 Å². The minimum Gasteiger partial charge on any atom is -0.272 e. The van der Waals surface area contributed by atoms with Gasteiger partial charge in [-0.15, -0.1) is 11.3 Å². The van der Waals surface area contributed by atoms with Crippen molar-refractivity contribution in [2.24, 2.45) is 5.10 Å². The summed E-state index contributed by atoms with van der Waals surface area (Å²) in [4.78, 5) is 16.4. The molecule has 0 unspecified atom stereocenters. The summed E-state index contributed by atoms with van der Waals surface area (Å²) in [5, 5.41) is 4.03. The van der Waals surface area contributed by atoms with Crippen molar-refractivity contribution in [1.82, 2.24) is 10.4 Å². The van der Waals surface area contributed by atoms with Gasteiger partial charge in [0.2, 0.25) is 0 Å². The number of carbonyl (C=O) groups excluding carboxylic acids is 1. The van der Waals surface area contributed by atoms with Crippen LogP contribution in [0, 0.1) is 13.8 Å². The van der Waals surface area contributed by atoms with Crippen molar-refractivity contribution < 1.29 is 4.79 Å². The second-order valence-corrected chi connectivity index (χ2v) is 7.64. The molecule has 4 nitrogen and oxygen atoms in total. The number of nitrogens with zero attached hydrogens (tertiary/aromatic N) is 2. The maximum Gasteiger partial charge on any atom is 0.250 e. The molecule has 3 aromatic rings. The van der Waals surface area contributed by atoms with E-state index >= 15 is 0 Å². The van der Waals surface area contributed by atoms with Gasteiger partial charge in [0.05, 0.1) is 22.2 Å². The van der Waals surface area contributed by atoms with E-state index in [9.17, 15) is 4.79 Å². The Balaban J connectivity index is 1.53. The van der Waals surface area contributed by atoms with E-state index < -0.39 is 0 Å². The smallest absolute Gasteiger partial charge is 0.250 e. The highest BCUT2D eigenvalue weighted by Gasteiger charge is 2.07. The first kappa shape index (κ1) is 16.7. The molecule has 0 atom stereocenters. The minimum atomic E-state index is -0.139. The second-order valence-electron chi connectivity index (χ2n) is 5.39. The van der Waals surface area contributed by atoms with Gasteiger partial charge in [-0.2, -0.15) is 5.10 Å². The van der Waals surface area contributed by atoms with E-state index in [-0.39, 0.29) is 5.91 Å². The number of hydrazone groups is 1. The monoisotopic (exact) mass is 355 g/mol. The lowest BCUT2D eigenvalue weighted by Gasteiger charge is -2.01. The van der Waals surface area contributed by atoms with E-state index in [1.165, 1.54) is 17.3 Å². The Morgan fingerprint density at radius 3 is 2.92 bits per heavy atom. The number of nitrogens with one attached hydrogen (secondary N) is 1. The number of rotatable bonds is 5. The van der Waals surface area contributed by atoms with Crippen LogP contribution in [0.1, 0.15) is 16.7 Å². The van der Waals surface area contributed by atoms with Crippen molar-refractivity contribution in [3.8, 4) is 0 Å². The fourth-order valence-corrected chi connectivity index (χ4v) is 4.08. The molecule has 0 aliphatic rings. The van der Waals surface area contributed by atoms with Gasteiger partial charge in [0.1, 0.15) is 0 Å². The minimum absolute atomic E-state index is 0.139. The molecule has 122 valence electrons. The van der Waals surface area contributed by atoms with E-state index in [4.69, 9.17) is 0 Å². The molecular formula is C18H17N3OS2. The van der Waals surface area contributed by atoms with E-state index in [2.05, 4.69) is 28.5 Å². The Bertz CT molecular complexity index is 869. The normalized spacial score (nSPS) is 11.2. The molecule has 0 radical (unpaired) electrons. The topological polar surface area (TPSA) is 54.4 Å². The third-order valence-electron chi connectivity index (χ3n) is 3.42. The van der Waals surface area contributed by atoms with Gasteiger partial charge in [0, 0.05) is 0 Å². The first-order chi connectivity index (χ1) is 11.6. The highest BCUT2D eigenvalue weighted by Crippen LogP contribution is 2.28. The van der Waals surface area contributed by atoms with Crippen molar-refractivity contribution in [3.63, 3.8) is 0 Å². The van der Waals surface area contributed by atoms with Crippen molar-refractivity contribution in [2.45, 2.75) is 18.2 Å². The van der Waals surface area contributed by atoms with Gasteiger partial charge in [-0.25, -0.2) is 10.4 Å². The molecule has 1 heterocycles. The number of amides is 1. The molecule has 1 amide bonds. The number of aromatic nitrogens is 1. The second kappa shape index (κ2) is 7.59. The molecule has 3 rings (SSSR count). The SMILES string of the molecule is Cc1ccc(/C=N/NC(=O)CSc2nc3ccccc3s2)c(C)c1. The number of benzene rings is 2. The average Bonchev–Trinajstić information content (AvgIpc) is 2.98. The summed E-state index contributed by atoms with van der Waals surface area (Å²) in [5.74, 6) is 0.157. The van der Waals surface area contributed by atoms with E-state index in [0.29, 0.717) is 5.75 Å². The third kappa shape index (κ3) is 4.21. The van der Waals surface area contributed by atoms with Crippen molar-refractivity contribution in [1.29, 1.82) is 0 Å². The highest BCUT2D eigenvalue weighted by molar-refractivity contribution is 8.01. The maximum absolute atomic E-state index is 11.9. The van der Waals surface area contributed by atoms with Crippen LogP contribution in [0.25, 0.3) is 10.2 Å². The fraction of sp³-hybridized carbons (Fsp3) is 0.167. The van der Waals surface area contributed by atoms with Gasteiger partial charge < -0.3 is 0 Å². The summed E-state index contributed by atoms with van der Waals surface area (Å²) in [6.45, 7) is 4.08. The quantitative estimate of drug-likeness (QED) is 0.425. The number of carbonyl (C=O) groups is 1. The van der Waals surface area contributed by atoms with Crippen LogP contribution in [0.2, 0.25) is 0 Å². The van der Waals surface area contributed by atoms with Gasteiger partial charge in [-0.1, -0.05) is 47.7 Å². The molecule has 0 bridgehead atoms. The Hall–Kier alpha value is -2.18. The molecule has 1 aromatic heterocycles. The lowest BCUT2D eigenvalue weighted by Crippen LogP contribution is -2.19. The molecule has 24 heavy (non-hydrogen) atoms. The number of fused-ring (bicyclic) bond motifs is 1. The lowest BCUT2D eigenvalue weighted by atomic mass is 10.1. The molecule has 0 aliphatic carbocycles. The van der Waals surface area contributed by atoms with Crippen molar-refractivity contribution in [3.05, 3.63) is 59.2 Å². The summed E-state index contributed by atoms with van der Waals surface area (Å²) >= 11 is 3.02. The summed E-state index contributed by atoms with van der Waals surface area (Å²) in [6.07, 6.45) is 1.68. The average molecular weight is 355 g/mol. The number of para-hydroxylation sites is 1. The Morgan fingerprint density at radius 2 is 2.12 bits per heavy atom. The maximum atomic E-state index is 11.9. The van der Waals surface area contributed by atoms with Crippen LogP contribution in [0.3, 0.4) is 0 Å². The number of hydrogen-bond donors (Lipinski definition) is 1. The third-order valence-corrected chi connectivity index (χ3v) is 5.60. The van der Waals surface area contributed by atoms with E-state index in [1.54, 1.807) is 17.6 Å². The summed E-state index contributed by atoms with van der Waals surface area (Å²) in [5.41, 5.74) is 6.88. The van der Waals surface area contributed by atoms with Gasteiger partial charge >= 0.3 is 0 Å². The van der Waals surface area contributed by atoms with Crippen LogP contribution in [-0.2, 0) is 4.79 Å². The van der Waals surface area contributed by atoms with Gasteiger partial charge in [0.15, 0.2) is 4.34 Å². The fourth-order valence-electron chi connectivity index (χ4n) is 2.22. The predicted molar refractivity (Wildman–Crippen MR) is 102 cm³/mol. The van der Waals surface area contributed by atoms with Gasteiger partial charge in [-0.05, 0) is 37.1 Å². The zero-order valence-electron chi connectivity index (χ0n) is 13.4. The first-order valence-electron chi connectivity index (χ1n) is 7.49. The van der Waals surface area contributed by atoms with E-state index in [0.717, 1.165) is 25.7 Å². The molecule has 0 saturated heterocycles. The van der Waals surface area contributed by atoms with E-state index in [1.807, 2.05) is 43.3 Å². The van der Waals surface area contributed by atoms with Crippen LogP contribution in [-0.4, -0.2) is 22.9 Å². The zero-order chi connectivity index (χ0) is 16.9. The van der Waals surface area contributed by atoms with Crippen LogP contribution >= 0.6 is 23.1 Å². The molecule has 2 aromatic carbocycles. The molecule has 0 fully saturated rings. The number of thiazole rings is 1. The van der Waals surface area contributed by atoms with Crippen LogP contribution in [0.15, 0.2) is 51.9 Å². The highest BCUT2D eigenvalue weighted by atomic mass is 32.2. The van der Waals surface area contributed by atoms with Crippen LogP contribution in [0.4, 0.5) is 0 Å². The van der Waals surface area contributed by atoms with Crippen LogP contribution < -0.4 is 5.43 Å². The number of thioether (sulfide) groups is 1. The van der Waals surface area contributed by atoms with Crippen molar-refractivity contribution >= 4 is 45.4 Å². The summed E-state index contributed by atoms with van der Waals surface area (Å²) < 4.78 is 2.03. The molecule has 0 aliphatic heterocycles. The lowest BCUT2D eigenvalue weighted by molar-refractivity contribution is -0.118. The molecular weight excluding hydrogens is 338 g/mol. The Kier molecular flexibility index (Phi) is 5.27. The number of aryl methyl sites for hydroxylation is 2. The zero-order valence-corrected chi connectivity index (χ0v) is 15.1. The van der Waals surface area contributed by atoms with Gasteiger partial charge in [-0.3, -0.25) is 4.79 Å². The molecule has 6 heteroatoms. The standard InChI is InChI=1S/C18H17N3OS2/c1-12-7-8-14(13(2)9-12)10-19-21-17(22)11-23-18-20-15-5-3-4-6-16(15)24-18/h3-10H,11H2,1-2H3,(H,21,22)/b19-10+. The summed E-state index contributed by atoms with van der Waals surface area (Å²) in [6, 6.07) is 14.1. The largest absolute Gasteiger partial charge is 0.272 e. The predicted octanol–water partition coefficient (Wildman–Crippen LogP) is 4.16. The number of hydrogen-bond acceptors (Lipinski definition) is 5. The molecule has 1 N–H and O–H groups in total. The molecule has 0 spiro atoms. The van der Waals surface area contributed by atoms with Gasteiger partial charge in [0.25, 0.3) is 5.91 Å². The first-order valence-corrected chi connectivity index (χ1v) is 9.29. The molecule has 0 saturated carbocycles. The Labute approximate surface area is 149 Å². The van der Waals surface area contributed by atoms with Crippen LogP contribution in [0.5, 0.6) is 0 Å². The summed E-state index contributed by atoms with van der Waals surface area (Å²) in [7, 11) is 0.